The van der Waals surface area contributed by atoms with Crippen molar-refractivity contribution in [1.29, 1.82) is 0 Å². The van der Waals surface area contributed by atoms with Gasteiger partial charge in [0, 0.05) is 12.5 Å². The minimum atomic E-state index is 0.472. The zero-order valence-corrected chi connectivity index (χ0v) is 10.4. The van der Waals surface area contributed by atoms with Gasteiger partial charge < -0.3 is 15.5 Å². The van der Waals surface area contributed by atoms with E-state index in [1.54, 1.807) is 6.26 Å². The van der Waals surface area contributed by atoms with Crippen molar-refractivity contribution in [2.75, 3.05) is 13.1 Å². The minimum absolute atomic E-state index is 0.472. The molecule has 92 valence electrons. The van der Waals surface area contributed by atoms with E-state index >= 15 is 0 Å². The fourth-order valence-corrected chi connectivity index (χ4v) is 1.72. The topological polar surface area (TPSA) is 51.2 Å². The van der Waals surface area contributed by atoms with Gasteiger partial charge in [-0.05, 0) is 50.9 Å². The Balaban J connectivity index is 2.04. The van der Waals surface area contributed by atoms with Crippen LogP contribution in [-0.4, -0.2) is 19.1 Å². The number of nitrogens with one attached hydrogen (secondary N) is 1. The molecule has 0 radical (unpaired) electrons. The van der Waals surface area contributed by atoms with Crippen molar-refractivity contribution < 1.29 is 4.42 Å². The maximum Gasteiger partial charge on any atom is 0.105 e. The second-order valence-electron chi connectivity index (χ2n) is 4.62. The van der Waals surface area contributed by atoms with Gasteiger partial charge >= 0.3 is 0 Å². The molecule has 3 heteroatoms. The Morgan fingerprint density at radius 3 is 2.88 bits per heavy atom. The summed E-state index contributed by atoms with van der Waals surface area (Å²) in [5.74, 6) is 1.69. The Morgan fingerprint density at radius 1 is 1.44 bits per heavy atom. The molecule has 0 amide bonds. The zero-order chi connectivity index (χ0) is 11.8. The van der Waals surface area contributed by atoms with Gasteiger partial charge in [0.1, 0.15) is 5.76 Å². The zero-order valence-electron chi connectivity index (χ0n) is 10.4. The quantitative estimate of drug-likeness (QED) is 0.665. The Labute approximate surface area is 98.4 Å². The smallest absolute Gasteiger partial charge is 0.105 e. The van der Waals surface area contributed by atoms with Crippen LogP contribution in [-0.2, 0) is 6.42 Å². The van der Waals surface area contributed by atoms with Crippen LogP contribution < -0.4 is 11.1 Å². The normalized spacial score (nSPS) is 14.9. The van der Waals surface area contributed by atoms with Gasteiger partial charge in [0.05, 0.1) is 6.26 Å². The molecule has 0 saturated carbocycles. The van der Waals surface area contributed by atoms with E-state index < -0.39 is 0 Å². The van der Waals surface area contributed by atoms with Crippen LogP contribution in [0.15, 0.2) is 22.8 Å². The fraction of sp³-hybridized carbons (Fsp3) is 0.692. The third-order valence-corrected chi connectivity index (χ3v) is 2.86. The van der Waals surface area contributed by atoms with Crippen molar-refractivity contribution in [2.24, 2.45) is 11.7 Å². The van der Waals surface area contributed by atoms with Gasteiger partial charge in [-0.3, -0.25) is 0 Å². The molecular weight excluding hydrogens is 200 g/mol. The van der Waals surface area contributed by atoms with Crippen LogP contribution in [0.4, 0.5) is 0 Å². The molecule has 0 saturated heterocycles. The molecule has 0 aromatic carbocycles. The van der Waals surface area contributed by atoms with Crippen LogP contribution in [0, 0.1) is 5.92 Å². The molecule has 1 aromatic rings. The Bertz CT molecular complexity index is 259. The third-order valence-electron chi connectivity index (χ3n) is 2.86. The van der Waals surface area contributed by atoms with Crippen LogP contribution in [0.25, 0.3) is 0 Å². The highest BCUT2D eigenvalue weighted by molar-refractivity contribution is 4.99. The monoisotopic (exact) mass is 224 g/mol. The maximum atomic E-state index is 5.57. The van der Waals surface area contributed by atoms with Crippen molar-refractivity contribution >= 4 is 0 Å². The largest absolute Gasteiger partial charge is 0.469 e. The molecule has 16 heavy (non-hydrogen) atoms. The van der Waals surface area contributed by atoms with Crippen LogP contribution in [0.2, 0.25) is 0 Å². The van der Waals surface area contributed by atoms with Crippen molar-refractivity contribution in [3.63, 3.8) is 0 Å². The van der Waals surface area contributed by atoms with E-state index in [0.29, 0.717) is 12.0 Å². The molecule has 0 aliphatic carbocycles. The van der Waals surface area contributed by atoms with E-state index in [1.165, 1.54) is 12.8 Å². The van der Waals surface area contributed by atoms with Crippen LogP contribution >= 0.6 is 0 Å². The van der Waals surface area contributed by atoms with E-state index in [9.17, 15) is 0 Å². The van der Waals surface area contributed by atoms with Gasteiger partial charge in [0.15, 0.2) is 0 Å². The SMILES string of the molecule is CC(CN)CCCNC(C)Cc1ccco1. The van der Waals surface area contributed by atoms with Crippen LogP contribution in [0.3, 0.4) is 0 Å². The Kier molecular flexibility index (Phi) is 6.19. The molecule has 0 aliphatic heterocycles. The van der Waals surface area contributed by atoms with E-state index in [-0.39, 0.29) is 0 Å². The molecule has 3 N–H and O–H groups in total. The van der Waals surface area contributed by atoms with Gasteiger partial charge in [0.25, 0.3) is 0 Å². The molecule has 0 aliphatic rings. The molecular formula is C13H24N2O. The third kappa shape index (κ3) is 5.33. The first-order valence-corrected chi connectivity index (χ1v) is 6.18. The number of hydrogen-bond donors (Lipinski definition) is 2. The Morgan fingerprint density at radius 2 is 2.25 bits per heavy atom. The number of rotatable bonds is 8. The van der Waals surface area contributed by atoms with Crippen molar-refractivity contribution in [1.82, 2.24) is 5.32 Å². The molecule has 0 bridgehead atoms. The lowest BCUT2D eigenvalue weighted by atomic mass is 10.1. The Hall–Kier alpha value is -0.800. The summed E-state index contributed by atoms with van der Waals surface area (Å²) < 4.78 is 5.31. The van der Waals surface area contributed by atoms with Gasteiger partial charge in [-0.2, -0.15) is 0 Å². The molecule has 3 nitrogen and oxygen atoms in total. The summed E-state index contributed by atoms with van der Waals surface area (Å²) in [5, 5.41) is 3.50. The fourth-order valence-electron chi connectivity index (χ4n) is 1.72. The maximum absolute atomic E-state index is 5.57. The lowest BCUT2D eigenvalue weighted by Crippen LogP contribution is -2.29. The van der Waals surface area contributed by atoms with E-state index in [4.69, 9.17) is 10.2 Å². The predicted molar refractivity (Wildman–Crippen MR) is 67.3 cm³/mol. The summed E-state index contributed by atoms with van der Waals surface area (Å²) in [5.41, 5.74) is 5.57. The van der Waals surface area contributed by atoms with Gasteiger partial charge in [0.2, 0.25) is 0 Å². The van der Waals surface area contributed by atoms with Crippen molar-refractivity contribution in [3.05, 3.63) is 24.2 Å². The first-order chi connectivity index (χ1) is 7.72. The highest BCUT2D eigenvalue weighted by atomic mass is 16.3. The van der Waals surface area contributed by atoms with Gasteiger partial charge in [-0.1, -0.05) is 6.92 Å². The first-order valence-electron chi connectivity index (χ1n) is 6.18. The molecule has 1 heterocycles. The van der Waals surface area contributed by atoms with Gasteiger partial charge in [-0.15, -0.1) is 0 Å². The molecule has 0 fully saturated rings. The van der Waals surface area contributed by atoms with Crippen LogP contribution in [0.5, 0.6) is 0 Å². The lowest BCUT2D eigenvalue weighted by Gasteiger charge is -2.13. The second-order valence-corrected chi connectivity index (χ2v) is 4.62. The summed E-state index contributed by atoms with van der Waals surface area (Å²) in [7, 11) is 0. The molecule has 1 aromatic heterocycles. The summed E-state index contributed by atoms with van der Waals surface area (Å²) in [6, 6.07) is 4.43. The number of hydrogen-bond acceptors (Lipinski definition) is 3. The number of nitrogens with two attached hydrogens (primary N) is 1. The molecule has 0 spiro atoms. The average Bonchev–Trinajstić information content (AvgIpc) is 2.76. The molecule has 1 rings (SSSR count). The molecule has 2 unspecified atom stereocenters. The van der Waals surface area contributed by atoms with Crippen LogP contribution in [0.1, 0.15) is 32.4 Å². The van der Waals surface area contributed by atoms with Gasteiger partial charge in [-0.25, -0.2) is 0 Å². The highest BCUT2D eigenvalue weighted by Crippen LogP contribution is 2.05. The predicted octanol–water partition coefficient (Wildman–Crippen LogP) is 2.18. The van der Waals surface area contributed by atoms with E-state index in [1.807, 2.05) is 12.1 Å². The minimum Gasteiger partial charge on any atom is -0.469 e. The van der Waals surface area contributed by atoms with Crippen molar-refractivity contribution in [2.45, 2.75) is 39.2 Å². The van der Waals surface area contributed by atoms with E-state index in [0.717, 1.165) is 25.3 Å². The second kappa shape index (κ2) is 7.47. The van der Waals surface area contributed by atoms with E-state index in [2.05, 4.69) is 19.2 Å². The molecule has 2 atom stereocenters. The average molecular weight is 224 g/mol. The standard InChI is InChI=1S/C13H24N2O/c1-11(10-14)5-3-7-15-12(2)9-13-6-4-8-16-13/h4,6,8,11-12,15H,3,5,7,9-10,14H2,1-2H3. The summed E-state index contributed by atoms with van der Waals surface area (Å²) in [6.45, 7) is 6.25. The first kappa shape index (κ1) is 13.3. The van der Waals surface area contributed by atoms with Crippen molar-refractivity contribution in [3.8, 4) is 0 Å². The highest BCUT2D eigenvalue weighted by Gasteiger charge is 2.05. The summed E-state index contributed by atoms with van der Waals surface area (Å²) >= 11 is 0. The summed E-state index contributed by atoms with van der Waals surface area (Å²) in [4.78, 5) is 0. The number of furan rings is 1. The lowest BCUT2D eigenvalue weighted by molar-refractivity contribution is 0.439. The summed E-state index contributed by atoms with van der Waals surface area (Å²) in [6.07, 6.45) is 5.09.